The van der Waals surface area contributed by atoms with E-state index < -0.39 is 17.5 Å². The molecule has 0 unspecified atom stereocenters. The maximum Gasteiger partial charge on any atom is 0.420 e. The largest absolute Gasteiger partial charge is 0.507 e. The van der Waals surface area contributed by atoms with Crippen molar-refractivity contribution in [2.24, 2.45) is 5.73 Å². The summed E-state index contributed by atoms with van der Waals surface area (Å²) in [5.74, 6) is -0.759. The minimum absolute atomic E-state index is 0.0443. The number of phenols is 1. The Morgan fingerprint density at radius 1 is 1.31 bits per heavy atom. The molecule has 1 rings (SSSR count). The highest BCUT2D eigenvalue weighted by Crippen LogP contribution is 2.39. The lowest BCUT2D eigenvalue weighted by Crippen LogP contribution is -2.07. The highest BCUT2D eigenvalue weighted by atomic mass is 35.5. The van der Waals surface area contributed by atoms with Crippen molar-refractivity contribution < 1.29 is 18.3 Å². The van der Waals surface area contributed by atoms with Crippen LogP contribution in [0.25, 0.3) is 0 Å². The van der Waals surface area contributed by atoms with E-state index in [4.69, 9.17) is 17.3 Å². The first-order valence-corrected chi connectivity index (χ1v) is 5.02. The van der Waals surface area contributed by atoms with E-state index in [1.54, 1.807) is 0 Å². The summed E-state index contributed by atoms with van der Waals surface area (Å²) in [6.07, 6.45) is -3.84. The molecule has 0 aliphatic heterocycles. The van der Waals surface area contributed by atoms with Crippen LogP contribution < -0.4 is 5.73 Å². The number of aryl methyl sites for hydroxylation is 1. The maximum atomic E-state index is 12.5. The number of phenolic OH excluding ortho intramolecular Hbond substituents is 1. The zero-order valence-electron chi connectivity index (χ0n) is 8.31. The van der Waals surface area contributed by atoms with Gasteiger partial charge < -0.3 is 10.8 Å². The van der Waals surface area contributed by atoms with Crippen LogP contribution in [-0.4, -0.2) is 11.7 Å². The van der Waals surface area contributed by atoms with E-state index in [9.17, 15) is 18.3 Å². The molecular formula is C10H11ClF3NO. The number of alkyl halides is 3. The Morgan fingerprint density at radius 2 is 1.94 bits per heavy atom. The molecule has 3 N–H and O–H groups in total. The van der Waals surface area contributed by atoms with E-state index in [1.807, 2.05) is 0 Å². The summed E-state index contributed by atoms with van der Waals surface area (Å²) in [6.45, 7) is 0.341. The predicted molar refractivity (Wildman–Crippen MR) is 55.5 cm³/mol. The van der Waals surface area contributed by atoms with Crippen LogP contribution in [-0.2, 0) is 12.6 Å². The molecule has 0 aromatic heterocycles. The second kappa shape index (κ2) is 4.93. The average Bonchev–Trinajstić information content (AvgIpc) is 2.17. The van der Waals surface area contributed by atoms with E-state index in [1.165, 1.54) is 6.07 Å². The predicted octanol–water partition coefficient (Wildman–Crippen LogP) is 2.96. The quantitative estimate of drug-likeness (QED) is 0.870. The highest BCUT2D eigenvalue weighted by Gasteiger charge is 2.35. The molecule has 0 heterocycles. The van der Waals surface area contributed by atoms with Crippen LogP contribution in [0.2, 0.25) is 5.02 Å². The summed E-state index contributed by atoms with van der Waals surface area (Å²) < 4.78 is 37.5. The summed E-state index contributed by atoms with van der Waals surface area (Å²) in [6, 6.07) is 2.03. The molecule has 2 nitrogen and oxygen atoms in total. The van der Waals surface area contributed by atoms with Crippen LogP contribution >= 0.6 is 11.6 Å². The molecule has 0 radical (unpaired) electrons. The summed E-state index contributed by atoms with van der Waals surface area (Å²) in [5.41, 5.74) is 4.32. The third-order valence-corrected chi connectivity index (χ3v) is 2.33. The van der Waals surface area contributed by atoms with Gasteiger partial charge in [-0.2, -0.15) is 13.2 Å². The van der Waals surface area contributed by atoms with Gasteiger partial charge in [0.05, 0.1) is 5.56 Å². The van der Waals surface area contributed by atoms with Crippen molar-refractivity contribution in [2.75, 3.05) is 6.54 Å². The lowest BCUT2D eigenvalue weighted by Gasteiger charge is -2.13. The zero-order chi connectivity index (χ0) is 12.3. The van der Waals surface area contributed by atoms with E-state index in [0.29, 0.717) is 19.0 Å². The Labute approximate surface area is 95.8 Å². The van der Waals surface area contributed by atoms with Crippen LogP contribution in [0, 0.1) is 0 Å². The molecule has 1 aromatic rings. The summed E-state index contributed by atoms with van der Waals surface area (Å²) in [7, 11) is 0. The van der Waals surface area contributed by atoms with E-state index >= 15 is 0 Å². The number of aromatic hydroxyl groups is 1. The number of nitrogens with two attached hydrogens (primary N) is 1. The third-order valence-electron chi connectivity index (χ3n) is 2.11. The highest BCUT2D eigenvalue weighted by molar-refractivity contribution is 6.30. The average molecular weight is 254 g/mol. The normalized spacial score (nSPS) is 11.8. The second-order valence-corrected chi connectivity index (χ2v) is 3.79. The van der Waals surface area contributed by atoms with Gasteiger partial charge in [-0.3, -0.25) is 0 Å². The monoisotopic (exact) mass is 253 g/mol. The molecule has 16 heavy (non-hydrogen) atoms. The van der Waals surface area contributed by atoms with Gasteiger partial charge >= 0.3 is 6.18 Å². The standard InChI is InChI=1S/C10H11ClF3NO/c11-7-4-6(2-1-3-15)9(16)8(5-7)10(12,13)14/h4-5,16H,1-3,15H2. The molecule has 1 aromatic carbocycles. The Morgan fingerprint density at radius 3 is 2.44 bits per heavy atom. The van der Waals surface area contributed by atoms with Crippen molar-refractivity contribution in [3.63, 3.8) is 0 Å². The van der Waals surface area contributed by atoms with Crippen LogP contribution in [0.5, 0.6) is 5.75 Å². The smallest absolute Gasteiger partial charge is 0.420 e. The molecular weight excluding hydrogens is 243 g/mol. The number of hydrogen-bond acceptors (Lipinski definition) is 2. The van der Waals surface area contributed by atoms with Gasteiger partial charge in [-0.1, -0.05) is 11.6 Å². The lowest BCUT2D eigenvalue weighted by atomic mass is 10.0. The first-order valence-electron chi connectivity index (χ1n) is 4.65. The van der Waals surface area contributed by atoms with Gasteiger partial charge in [0.15, 0.2) is 0 Å². The molecule has 0 saturated carbocycles. The molecule has 0 fully saturated rings. The van der Waals surface area contributed by atoms with Crippen molar-refractivity contribution >= 4 is 11.6 Å². The fraction of sp³-hybridized carbons (Fsp3) is 0.400. The Bertz CT molecular complexity index is 379. The molecule has 0 saturated heterocycles. The first-order chi connectivity index (χ1) is 7.36. The van der Waals surface area contributed by atoms with E-state index in [-0.39, 0.29) is 17.0 Å². The Kier molecular flexibility index (Phi) is 4.04. The SMILES string of the molecule is NCCCc1cc(Cl)cc(C(F)(F)F)c1O. The van der Waals surface area contributed by atoms with Crippen LogP contribution in [0.15, 0.2) is 12.1 Å². The first kappa shape index (κ1) is 13.1. The van der Waals surface area contributed by atoms with Gasteiger partial charge in [-0.05, 0) is 37.1 Å². The molecule has 6 heteroatoms. The summed E-state index contributed by atoms with van der Waals surface area (Å²) in [4.78, 5) is 0. The van der Waals surface area contributed by atoms with Crippen molar-refractivity contribution in [3.8, 4) is 5.75 Å². The summed E-state index contributed by atoms with van der Waals surface area (Å²) >= 11 is 5.56. The van der Waals surface area contributed by atoms with Crippen molar-refractivity contribution in [1.29, 1.82) is 0 Å². The van der Waals surface area contributed by atoms with Crippen LogP contribution in [0.4, 0.5) is 13.2 Å². The van der Waals surface area contributed by atoms with E-state index in [2.05, 4.69) is 0 Å². The third kappa shape index (κ3) is 3.02. The van der Waals surface area contributed by atoms with E-state index in [0.717, 1.165) is 0 Å². The van der Waals surface area contributed by atoms with Crippen LogP contribution in [0.1, 0.15) is 17.5 Å². The fourth-order valence-electron chi connectivity index (χ4n) is 1.35. The number of hydrogen-bond donors (Lipinski definition) is 2. The maximum absolute atomic E-state index is 12.5. The molecule has 0 bridgehead atoms. The minimum Gasteiger partial charge on any atom is -0.507 e. The molecule has 0 aliphatic carbocycles. The Balaban J connectivity index is 3.16. The minimum atomic E-state index is -4.60. The van der Waals surface area contributed by atoms with Gasteiger partial charge in [-0.25, -0.2) is 0 Å². The topological polar surface area (TPSA) is 46.2 Å². The number of rotatable bonds is 3. The molecule has 0 atom stereocenters. The second-order valence-electron chi connectivity index (χ2n) is 3.35. The van der Waals surface area contributed by atoms with Gasteiger partial charge in [-0.15, -0.1) is 0 Å². The zero-order valence-corrected chi connectivity index (χ0v) is 9.07. The van der Waals surface area contributed by atoms with Gasteiger partial charge in [0.2, 0.25) is 0 Å². The molecule has 0 aliphatic rings. The molecule has 0 spiro atoms. The number of halogens is 4. The lowest BCUT2D eigenvalue weighted by molar-refractivity contribution is -0.138. The van der Waals surface area contributed by atoms with Crippen molar-refractivity contribution in [1.82, 2.24) is 0 Å². The molecule has 0 amide bonds. The van der Waals surface area contributed by atoms with Gasteiger partial charge in [0, 0.05) is 5.02 Å². The van der Waals surface area contributed by atoms with Gasteiger partial charge in [0.1, 0.15) is 5.75 Å². The number of benzene rings is 1. The summed E-state index contributed by atoms with van der Waals surface area (Å²) in [5, 5.41) is 9.41. The van der Waals surface area contributed by atoms with Crippen molar-refractivity contribution in [2.45, 2.75) is 19.0 Å². The molecule has 90 valence electrons. The Hall–Kier alpha value is -0.940. The van der Waals surface area contributed by atoms with Gasteiger partial charge in [0.25, 0.3) is 0 Å². The fourth-order valence-corrected chi connectivity index (χ4v) is 1.60. The van der Waals surface area contributed by atoms with Crippen molar-refractivity contribution in [3.05, 3.63) is 28.3 Å². The van der Waals surface area contributed by atoms with Crippen LogP contribution in [0.3, 0.4) is 0 Å².